The predicted octanol–water partition coefficient (Wildman–Crippen LogP) is 1.19. The smallest absolute Gasteiger partial charge is 0.230 e. The fourth-order valence-corrected chi connectivity index (χ4v) is 1.56. The fourth-order valence-electron chi connectivity index (χ4n) is 1.56. The van der Waals surface area contributed by atoms with Crippen molar-refractivity contribution in [2.75, 3.05) is 11.1 Å². The predicted molar refractivity (Wildman–Crippen MR) is 68.2 cm³/mol. The summed E-state index contributed by atoms with van der Waals surface area (Å²) in [4.78, 5) is 11.8. The van der Waals surface area contributed by atoms with Gasteiger partial charge in [-0.15, -0.1) is 0 Å². The number of nitrogens with two attached hydrogens (primary N) is 1. The second-order valence-corrected chi connectivity index (χ2v) is 4.01. The molecule has 0 atom stereocenters. The van der Waals surface area contributed by atoms with E-state index in [-0.39, 0.29) is 18.1 Å². The second-order valence-electron chi connectivity index (χ2n) is 4.01. The van der Waals surface area contributed by atoms with Gasteiger partial charge in [0.2, 0.25) is 5.91 Å². The number of aromatic nitrogens is 2. The number of carbonyl (C=O) groups is 1. The quantitative estimate of drug-likeness (QED) is 0.652. The zero-order chi connectivity index (χ0) is 13.1. The molecule has 2 aromatic rings. The molecular formula is C12H14N4O2. The molecule has 0 aliphatic carbocycles. The van der Waals surface area contributed by atoms with Crippen LogP contribution in [0.1, 0.15) is 11.3 Å². The molecule has 1 aromatic heterocycles. The van der Waals surface area contributed by atoms with Crippen molar-refractivity contribution in [1.29, 1.82) is 0 Å². The molecule has 6 heteroatoms. The van der Waals surface area contributed by atoms with E-state index in [1.54, 1.807) is 31.2 Å². The first-order valence-corrected chi connectivity index (χ1v) is 5.44. The van der Waals surface area contributed by atoms with E-state index in [4.69, 9.17) is 5.73 Å². The van der Waals surface area contributed by atoms with E-state index < -0.39 is 0 Å². The Kier molecular flexibility index (Phi) is 3.18. The van der Waals surface area contributed by atoms with Crippen LogP contribution in [0.3, 0.4) is 0 Å². The summed E-state index contributed by atoms with van der Waals surface area (Å²) in [5.74, 6) is 0.229. The minimum absolute atomic E-state index is 0.135. The molecule has 0 fully saturated rings. The number of nitrogens with one attached hydrogen (secondary N) is 2. The summed E-state index contributed by atoms with van der Waals surface area (Å²) in [7, 11) is 0. The lowest BCUT2D eigenvalue weighted by molar-refractivity contribution is -0.115. The van der Waals surface area contributed by atoms with Crippen molar-refractivity contribution in [2.45, 2.75) is 13.3 Å². The second kappa shape index (κ2) is 4.79. The standard InChI is InChI=1S/C12H14N4O2/c1-7-11(13)12(16-15-7)14-10(18)6-8-3-2-4-9(17)5-8/h2-5,17H,6,13H2,1H3,(H2,14,15,16,18). The highest BCUT2D eigenvalue weighted by molar-refractivity contribution is 5.94. The lowest BCUT2D eigenvalue weighted by Gasteiger charge is -2.03. The summed E-state index contributed by atoms with van der Waals surface area (Å²) in [5.41, 5.74) is 7.58. The Morgan fingerprint density at radius 1 is 1.56 bits per heavy atom. The average Bonchev–Trinajstić information content (AvgIpc) is 2.61. The molecule has 5 N–H and O–H groups in total. The Morgan fingerprint density at radius 3 is 2.94 bits per heavy atom. The Hall–Kier alpha value is -2.50. The number of phenols is 1. The molecule has 0 saturated carbocycles. The zero-order valence-corrected chi connectivity index (χ0v) is 9.90. The van der Waals surface area contributed by atoms with Crippen molar-refractivity contribution in [3.05, 3.63) is 35.5 Å². The lowest BCUT2D eigenvalue weighted by Crippen LogP contribution is -2.15. The summed E-state index contributed by atoms with van der Waals surface area (Å²) in [6, 6.07) is 6.54. The van der Waals surface area contributed by atoms with Crippen molar-refractivity contribution in [2.24, 2.45) is 0 Å². The van der Waals surface area contributed by atoms with Crippen molar-refractivity contribution >= 4 is 17.4 Å². The molecule has 1 aromatic carbocycles. The van der Waals surface area contributed by atoms with Crippen LogP contribution < -0.4 is 11.1 Å². The van der Waals surface area contributed by atoms with Crippen LogP contribution in [0.4, 0.5) is 11.5 Å². The molecule has 1 amide bonds. The number of nitrogens with zero attached hydrogens (tertiary/aromatic N) is 1. The Labute approximate surface area is 104 Å². The van der Waals surface area contributed by atoms with Gasteiger partial charge in [-0.3, -0.25) is 9.89 Å². The van der Waals surface area contributed by atoms with Gasteiger partial charge in [0.15, 0.2) is 5.82 Å². The topological polar surface area (TPSA) is 104 Å². The van der Waals surface area contributed by atoms with Gasteiger partial charge in [0, 0.05) is 0 Å². The first-order valence-electron chi connectivity index (χ1n) is 5.44. The highest BCUT2D eigenvalue weighted by Crippen LogP contribution is 2.18. The van der Waals surface area contributed by atoms with E-state index in [0.29, 0.717) is 17.2 Å². The van der Waals surface area contributed by atoms with Crippen molar-refractivity contribution in [1.82, 2.24) is 10.2 Å². The normalized spacial score (nSPS) is 10.3. The van der Waals surface area contributed by atoms with Crippen LogP contribution in [0.25, 0.3) is 0 Å². The van der Waals surface area contributed by atoms with E-state index in [0.717, 1.165) is 5.56 Å². The first-order chi connectivity index (χ1) is 8.56. The minimum atomic E-state index is -0.237. The summed E-state index contributed by atoms with van der Waals surface area (Å²) < 4.78 is 0. The first kappa shape index (κ1) is 12.0. The summed E-state index contributed by atoms with van der Waals surface area (Å²) in [6.07, 6.45) is 0.153. The molecule has 0 aliphatic rings. The maximum absolute atomic E-state index is 11.8. The number of rotatable bonds is 3. The SMILES string of the molecule is Cc1[nH]nc(NC(=O)Cc2cccc(O)c2)c1N. The number of hydrogen-bond acceptors (Lipinski definition) is 4. The van der Waals surface area contributed by atoms with Gasteiger partial charge < -0.3 is 16.2 Å². The molecule has 0 bridgehead atoms. The third-order valence-corrected chi connectivity index (χ3v) is 2.53. The number of carbonyl (C=O) groups excluding carboxylic acids is 1. The molecule has 0 radical (unpaired) electrons. The molecular weight excluding hydrogens is 232 g/mol. The number of aromatic hydroxyl groups is 1. The number of amides is 1. The molecule has 0 saturated heterocycles. The molecule has 0 aliphatic heterocycles. The van der Waals surface area contributed by atoms with Crippen LogP contribution in [0.5, 0.6) is 5.75 Å². The van der Waals surface area contributed by atoms with E-state index in [9.17, 15) is 9.90 Å². The lowest BCUT2D eigenvalue weighted by atomic mass is 10.1. The number of nitrogen functional groups attached to an aromatic ring is 1. The number of aryl methyl sites for hydroxylation is 1. The molecule has 18 heavy (non-hydrogen) atoms. The van der Waals surface area contributed by atoms with Gasteiger partial charge >= 0.3 is 0 Å². The minimum Gasteiger partial charge on any atom is -0.508 e. The zero-order valence-electron chi connectivity index (χ0n) is 9.90. The largest absolute Gasteiger partial charge is 0.508 e. The molecule has 2 rings (SSSR count). The Balaban J connectivity index is 2.03. The van der Waals surface area contributed by atoms with Gasteiger partial charge in [0.1, 0.15) is 5.75 Å². The summed E-state index contributed by atoms with van der Waals surface area (Å²) in [6.45, 7) is 1.77. The van der Waals surface area contributed by atoms with Gasteiger partial charge in [-0.25, -0.2) is 0 Å². The van der Waals surface area contributed by atoms with Crippen LogP contribution in [-0.2, 0) is 11.2 Å². The number of phenolic OH excluding ortho intramolecular Hbond substituents is 1. The van der Waals surface area contributed by atoms with E-state index in [2.05, 4.69) is 15.5 Å². The van der Waals surface area contributed by atoms with Gasteiger partial charge in [0.25, 0.3) is 0 Å². The number of hydrogen-bond donors (Lipinski definition) is 4. The summed E-state index contributed by atoms with van der Waals surface area (Å²) >= 11 is 0. The maximum Gasteiger partial charge on any atom is 0.230 e. The van der Waals surface area contributed by atoms with Crippen LogP contribution in [0, 0.1) is 6.92 Å². The number of aromatic amines is 1. The number of H-pyrrole nitrogens is 1. The van der Waals surface area contributed by atoms with Gasteiger partial charge in [0.05, 0.1) is 17.8 Å². The van der Waals surface area contributed by atoms with Gasteiger partial charge in [-0.1, -0.05) is 12.1 Å². The van der Waals surface area contributed by atoms with Crippen LogP contribution in [-0.4, -0.2) is 21.2 Å². The van der Waals surface area contributed by atoms with Crippen LogP contribution in [0.15, 0.2) is 24.3 Å². The molecule has 0 unspecified atom stereocenters. The van der Waals surface area contributed by atoms with Crippen molar-refractivity contribution in [3.63, 3.8) is 0 Å². The number of anilines is 2. The fraction of sp³-hybridized carbons (Fsp3) is 0.167. The van der Waals surface area contributed by atoms with E-state index in [1.807, 2.05) is 0 Å². The molecule has 94 valence electrons. The monoisotopic (exact) mass is 246 g/mol. The summed E-state index contributed by atoms with van der Waals surface area (Å²) in [5, 5.41) is 18.5. The third-order valence-electron chi connectivity index (χ3n) is 2.53. The molecule has 1 heterocycles. The van der Waals surface area contributed by atoms with Crippen molar-refractivity contribution < 1.29 is 9.90 Å². The molecule has 6 nitrogen and oxygen atoms in total. The Bertz CT molecular complexity index is 577. The molecule has 0 spiro atoms. The number of benzene rings is 1. The third kappa shape index (κ3) is 2.60. The van der Waals surface area contributed by atoms with Crippen molar-refractivity contribution in [3.8, 4) is 5.75 Å². The highest BCUT2D eigenvalue weighted by atomic mass is 16.3. The van der Waals surface area contributed by atoms with Gasteiger partial charge in [-0.2, -0.15) is 5.10 Å². The van der Waals surface area contributed by atoms with Gasteiger partial charge in [-0.05, 0) is 24.6 Å². The Morgan fingerprint density at radius 2 is 2.33 bits per heavy atom. The van der Waals surface area contributed by atoms with Crippen LogP contribution in [0.2, 0.25) is 0 Å². The average molecular weight is 246 g/mol. The highest BCUT2D eigenvalue weighted by Gasteiger charge is 2.10. The maximum atomic E-state index is 11.8. The van der Waals surface area contributed by atoms with Crippen LogP contribution >= 0.6 is 0 Å². The van der Waals surface area contributed by atoms with E-state index in [1.165, 1.54) is 0 Å². The van der Waals surface area contributed by atoms with E-state index >= 15 is 0 Å².